The van der Waals surface area contributed by atoms with E-state index in [0.717, 1.165) is 62.4 Å². The fourth-order valence-corrected chi connectivity index (χ4v) is 4.04. The summed E-state index contributed by atoms with van der Waals surface area (Å²) in [6.07, 6.45) is 5.40. The molecule has 2 heterocycles. The Morgan fingerprint density at radius 3 is 2.81 bits per heavy atom. The van der Waals surface area contributed by atoms with E-state index in [9.17, 15) is 4.79 Å². The predicted molar refractivity (Wildman–Crippen MR) is 105 cm³/mol. The minimum Gasteiger partial charge on any atom is -0.353 e. The van der Waals surface area contributed by atoms with Crippen molar-refractivity contribution < 1.29 is 4.79 Å². The third-order valence-corrected chi connectivity index (χ3v) is 5.66. The number of carbonyl (C=O) groups is 1. The summed E-state index contributed by atoms with van der Waals surface area (Å²) in [7, 11) is 0. The Hall–Kier alpha value is -2.47. The van der Waals surface area contributed by atoms with Gasteiger partial charge in [-0.1, -0.05) is 30.3 Å². The SMILES string of the molecule is O=C(NC1CC1)C1CN(c2nc(-c3ccccc3)nc3c2CCC3)CCN1. The van der Waals surface area contributed by atoms with Crippen LogP contribution in [0.25, 0.3) is 11.4 Å². The molecule has 0 radical (unpaired) electrons. The van der Waals surface area contributed by atoms with E-state index in [4.69, 9.17) is 9.97 Å². The van der Waals surface area contributed by atoms with Crippen molar-refractivity contribution in [1.82, 2.24) is 20.6 Å². The smallest absolute Gasteiger partial charge is 0.239 e. The molecule has 2 aliphatic carbocycles. The van der Waals surface area contributed by atoms with Gasteiger partial charge in [-0.15, -0.1) is 0 Å². The molecule has 0 bridgehead atoms. The van der Waals surface area contributed by atoms with E-state index < -0.39 is 0 Å². The minimum atomic E-state index is -0.174. The summed E-state index contributed by atoms with van der Waals surface area (Å²) in [4.78, 5) is 24.6. The molecule has 2 N–H and O–H groups in total. The topological polar surface area (TPSA) is 70.2 Å². The molecule has 0 spiro atoms. The Balaban J connectivity index is 1.44. The van der Waals surface area contributed by atoms with E-state index in [1.165, 1.54) is 11.3 Å². The molecule has 1 saturated heterocycles. The molecule has 6 heteroatoms. The molecule has 1 saturated carbocycles. The molecular weight excluding hydrogens is 338 g/mol. The molecule has 5 rings (SSSR count). The van der Waals surface area contributed by atoms with Crippen molar-refractivity contribution in [2.75, 3.05) is 24.5 Å². The molecule has 1 aromatic heterocycles. The maximum atomic E-state index is 12.5. The van der Waals surface area contributed by atoms with Gasteiger partial charge in [0.2, 0.25) is 5.91 Å². The second kappa shape index (κ2) is 6.93. The van der Waals surface area contributed by atoms with E-state index in [0.29, 0.717) is 12.6 Å². The third kappa shape index (κ3) is 3.41. The number of benzene rings is 1. The lowest BCUT2D eigenvalue weighted by Gasteiger charge is -2.35. The average molecular weight is 363 g/mol. The summed E-state index contributed by atoms with van der Waals surface area (Å²) in [6, 6.07) is 10.4. The lowest BCUT2D eigenvalue weighted by Crippen LogP contribution is -2.57. The summed E-state index contributed by atoms with van der Waals surface area (Å²) in [5.74, 6) is 1.95. The normalized spacial score (nSPS) is 21.8. The van der Waals surface area contributed by atoms with Crippen molar-refractivity contribution in [2.24, 2.45) is 0 Å². The Bertz CT molecular complexity index is 849. The number of hydrogen-bond acceptors (Lipinski definition) is 5. The molecule has 3 aliphatic rings. The minimum absolute atomic E-state index is 0.121. The number of nitrogens with one attached hydrogen (secondary N) is 2. The van der Waals surface area contributed by atoms with Gasteiger partial charge < -0.3 is 15.5 Å². The van der Waals surface area contributed by atoms with Crippen LogP contribution >= 0.6 is 0 Å². The standard InChI is InChI=1S/C21H25N5O/c27-21(23-15-9-10-15)18-13-26(12-11-22-18)20-16-7-4-8-17(16)24-19(25-20)14-5-2-1-3-6-14/h1-3,5-6,15,18,22H,4,7-13H2,(H,23,27). The number of aromatic nitrogens is 2. The summed E-state index contributed by atoms with van der Waals surface area (Å²) in [6.45, 7) is 2.32. The van der Waals surface area contributed by atoms with Gasteiger partial charge >= 0.3 is 0 Å². The molecule has 1 unspecified atom stereocenters. The summed E-state index contributed by atoms with van der Waals surface area (Å²) < 4.78 is 0. The Morgan fingerprint density at radius 1 is 1.15 bits per heavy atom. The van der Waals surface area contributed by atoms with Crippen molar-refractivity contribution in [3.05, 3.63) is 41.6 Å². The number of fused-ring (bicyclic) bond motifs is 1. The molecule has 6 nitrogen and oxygen atoms in total. The first kappa shape index (κ1) is 16.7. The number of anilines is 1. The van der Waals surface area contributed by atoms with Crippen LogP contribution in [-0.2, 0) is 17.6 Å². The molecule has 1 amide bonds. The molecule has 140 valence electrons. The predicted octanol–water partition coefficient (Wildman–Crippen LogP) is 1.69. The summed E-state index contributed by atoms with van der Waals surface area (Å²) in [5.41, 5.74) is 3.50. The average Bonchev–Trinajstić information content (AvgIpc) is 3.40. The van der Waals surface area contributed by atoms with Crippen LogP contribution in [0.2, 0.25) is 0 Å². The van der Waals surface area contributed by atoms with Gasteiger partial charge in [0.15, 0.2) is 5.82 Å². The third-order valence-electron chi connectivity index (χ3n) is 5.66. The highest BCUT2D eigenvalue weighted by atomic mass is 16.2. The first-order valence-corrected chi connectivity index (χ1v) is 10.0. The van der Waals surface area contributed by atoms with E-state index in [-0.39, 0.29) is 11.9 Å². The van der Waals surface area contributed by atoms with Crippen LogP contribution in [0.15, 0.2) is 30.3 Å². The monoisotopic (exact) mass is 363 g/mol. The van der Waals surface area contributed by atoms with E-state index >= 15 is 0 Å². The summed E-state index contributed by atoms with van der Waals surface area (Å²) >= 11 is 0. The van der Waals surface area contributed by atoms with E-state index in [1.54, 1.807) is 0 Å². The first-order chi connectivity index (χ1) is 13.3. The summed E-state index contributed by atoms with van der Waals surface area (Å²) in [5, 5.41) is 6.49. The largest absolute Gasteiger partial charge is 0.353 e. The lowest BCUT2D eigenvalue weighted by atomic mass is 10.1. The molecule has 1 aliphatic heterocycles. The van der Waals surface area contributed by atoms with Crippen molar-refractivity contribution >= 4 is 11.7 Å². The maximum Gasteiger partial charge on any atom is 0.239 e. The van der Waals surface area contributed by atoms with Crippen LogP contribution in [0.3, 0.4) is 0 Å². The van der Waals surface area contributed by atoms with Crippen LogP contribution in [0, 0.1) is 0 Å². The van der Waals surface area contributed by atoms with Crippen LogP contribution in [0.1, 0.15) is 30.5 Å². The molecular formula is C21H25N5O. The van der Waals surface area contributed by atoms with Gasteiger partial charge in [0.1, 0.15) is 11.9 Å². The van der Waals surface area contributed by atoms with E-state index in [1.807, 2.05) is 18.2 Å². The molecule has 2 aromatic rings. The molecule has 1 atom stereocenters. The zero-order chi connectivity index (χ0) is 18.2. The van der Waals surface area contributed by atoms with Gasteiger partial charge in [-0.25, -0.2) is 9.97 Å². The molecule has 27 heavy (non-hydrogen) atoms. The highest BCUT2D eigenvalue weighted by molar-refractivity contribution is 5.83. The number of carbonyl (C=O) groups excluding carboxylic acids is 1. The highest BCUT2D eigenvalue weighted by Crippen LogP contribution is 2.32. The number of rotatable bonds is 4. The Labute approximate surface area is 159 Å². The maximum absolute atomic E-state index is 12.5. The van der Waals surface area contributed by atoms with Crippen LogP contribution in [0.4, 0.5) is 5.82 Å². The number of piperazine rings is 1. The fourth-order valence-electron chi connectivity index (χ4n) is 4.04. The van der Waals surface area contributed by atoms with Crippen molar-refractivity contribution in [3.8, 4) is 11.4 Å². The van der Waals surface area contributed by atoms with Gasteiger partial charge in [-0.05, 0) is 32.1 Å². The fraction of sp³-hybridized carbons (Fsp3) is 0.476. The molecule has 2 fully saturated rings. The van der Waals surface area contributed by atoms with Gasteiger partial charge in [-0.2, -0.15) is 0 Å². The van der Waals surface area contributed by atoms with Crippen molar-refractivity contribution in [2.45, 2.75) is 44.2 Å². The zero-order valence-electron chi connectivity index (χ0n) is 15.4. The van der Waals surface area contributed by atoms with Crippen LogP contribution < -0.4 is 15.5 Å². The van der Waals surface area contributed by atoms with Crippen molar-refractivity contribution in [3.63, 3.8) is 0 Å². The van der Waals surface area contributed by atoms with Gasteiger partial charge in [0.05, 0.1) is 0 Å². The van der Waals surface area contributed by atoms with Gasteiger partial charge in [-0.3, -0.25) is 4.79 Å². The first-order valence-electron chi connectivity index (χ1n) is 10.0. The number of aryl methyl sites for hydroxylation is 1. The molecule has 1 aromatic carbocycles. The number of amides is 1. The second-order valence-corrected chi connectivity index (χ2v) is 7.75. The zero-order valence-corrected chi connectivity index (χ0v) is 15.4. The van der Waals surface area contributed by atoms with Gasteiger partial charge in [0, 0.05) is 42.5 Å². The second-order valence-electron chi connectivity index (χ2n) is 7.75. The lowest BCUT2D eigenvalue weighted by molar-refractivity contribution is -0.123. The van der Waals surface area contributed by atoms with Crippen LogP contribution in [-0.4, -0.2) is 47.6 Å². The Morgan fingerprint density at radius 2 is 2.00 bits per heavy atom. The van der Waals surface area contributed by atoms with Crippen LogP contribution in [0.5, 0.6) is 0 Å². The van der Waals surface area contributed by atoms with Crippen molar-refractivity contribution in [1.29, 1.82) is 0 Å². The highest BCUT2D eigenvalue weighted by Gasteiger charge is 2.32. The van der Waals surface area contributed by atoms with Gasteiger partial charge in [0.25, 0.3) is 0 Å². The number of nitrogens with zero attached hydrogens (tertiary/aromatic N) is 3. The van der Waals surface area contributed by atoms with E-state index in [2.05, 4.69) is 27.7 Å². The Kier molecular flexibility index (Phi) is 4.28. The number of hydrogen-bond donors (Lipinski definition) is 2. The quantitative estimate of drug-likeness (QED) is 0.865.